The highest BCUT2D eigenvalue weighted by atomic mass is 16.3. The van der Waals surface area contributed by atoms with Gasteiger partial charge in [0.15, 0.2) is 0 Å². The molecule has 3 N–H and O–H groups in total. The molecule has 6 heteroatoms. The van der Waals surface area contributed by atoms with Gasteiger partial charge < -0.3 is 5.11 Å². The number of hydrogen-bond donors (Lipinski definition) is 3. The second kappa shape index (κ2) is 8.38. The van der Waals surface area contributed by atoms with Gasteiger partial charge in [0.05, 0.1) is 11.9 Å². The number of phenolic OH excluding ortho intramolecular Hbond substituents is 1. The Kier molecular flexibility index (Phi) is 6.02. The Labute approximate surface area is 183 Å². The normalized spacial score (nSPS) is 12.3. The fraction of sp³-hybridized carbons (Fsp3) is 0.320. The third-order valence-corrected chi connectivity index (χ3v) is 5.02. The van der Waals surface area contributed by atoms with E-state index in [1.54, 1.807) is 12.3 Å². The molecule has 0 unspecified atom stereocenters. The number of rotatable bonds is 4. The summed E-state index contributed by atoms with van der Waals surface area (Å²) in [5, 5.41) is 21.9. The fourth-order valence-electron chi connectivity index (χ4n) is 3.30. The van der Waals surface area contributed by atoms with Crippen molar-refractivity contribution in [1.82, 2.24) is 15.6 Å². The van der Waals surface area contributed by atoms with Gasteiger partial charge in [-0.3, -0.25) is 9.89 Å². The summed E-state index contributed by atoms with van der Waals surface area (Å²) < 4.78 is 0. The molecule has 0 atom stereocenters. The summed E-state index contributed by atoms with van der Waals surface area (Å²) in [7, 11) is 0. The van der Waals surface area contributed by atoms with E-state index in [-0.39, 0.29) is 16.7 Å². The van der Waals surface area contributed by atoms with Gasteiger partial charge in [-0.25, -0.2) is 5.43 Å². The number of benzene rings is 2. The zero-order valence-corrected chi connectivity index (χ0v) is 18.9. The van der Waals surface area contributed by atoms with Gasteiger partial charge in [0, 0.05) is 16.7 Å². The molecule has 0 radical (unpaired) electrons. The number of amides is 1. The van der Waals surface area contributed by atoms with Crippen LogP contribution in [-0.2, 0) is 10.8 Å². The van der Waals surface area contributed by atoms with Crippen molar-refractivity contribution in [1.29, 1.82) is 0 Å². The fourth-order valence-corrected chi connectivity index (χ4v) is 3.30. The largest absolute Gasteiger partial charge is 0.507 e. The molecule has 0 saturated heterocycles. The number of nitrogens with zero attached hydrogens (tertiary/aromatic N) is 2. The van der Waals surface area contributed by atoms with Crippen LogP contribution in [0.2, 0.25) is 0 Å². The highest BCUT2D eigenvalue weighted by Gasteiger charge is 2.26. The zero-order chi connectivity index (χ0) is 22.8. The summed E-state index contributed by atoms with van der Waals surface area (Å²) in [4.78, 5) is 12.4. The Morgan fingerprint density at radius 2 is 1.58 bits per heavy atom. The summed E-state index contributed by atoms with van der Waals surface area (Å²) in [5.41, 5.74) is 6.51. The Balaban J connectivity index is 1.81. The third-order valence-electron chi connectivity index (χ3n) is 5.02. The van der Waals surface area contributed by atoms with Crippen molar-refractivity contribution in [3.05, 3.63) is 70.9 Å². The lowest BCUT2D eigenvalue weighted by Gasteiger charge is -2.27. The van der Waals surface area contributed by atoms with Gasteiger partial charge in [-0.15, -0.1) is 0 Å². The van der Waals surface area contributed by atoms with E-state index in [1.165, 1.54) is 0 Å². The Hall–Kier alpha value is -3.41. The number of nitrogens with one attached hydrogen (secondary N) is 2. The van der Waals surface area contributed by atoms with Gasteiger partial charge in [-0.2, -0.15) is 10.2 Å². The van der Waals surface area contributed by atoms with E-state index in [4.69, 9.17) is 0 Å². The molecule has 3 rings (SSSR count). The van der Waals surface area contributed by atoms with Crippen molar-refractivity contribution in [3.8, 4) is 17.0 Å². The van der Waals surface area contributed by atoms with Crippen molar-refractivity contribution in [2.24, 2.45) is 5.10 Å². The first-order valence-corrected chi connectivity index (χ1v) is 10.3. The number of hydrazone groups is 1. The zero-order valence-electron chi connectivity index (χ0n) is 18.9. The highest BCUT2D eigenvalue weighted by Crippen LogP contribution is 2.39. The van der Waals surface area contributed by atoms with Crippen molar-refractivity contribution in [3.63, 3.8) is 0 Å². The molecule has 1 amide bonds. The molecule has 0 saturated carbocycles. The summed E-state index contributed by atoms with van der Waals surface area (Å²) >= 11 is 0. The molecule has 0 aliphatic heterocycles. The molecule has 1 aromatic heterocycles. The molecule has 31 heavy (non-hydrogen) atoms. The molecule has 162 valence electrons. The minimum Gasteiger partial charge on any atom is -0.507 e. The van der Waals surface area contributed by atoms with E-state index in [0.29, 0.717) is 17.1 Å². The van der Waals surface area contributed by atoms with E-state index in [0.717, 1.165) is 22.3 Å². The molecule has 1 heterocycles. The second-order valence-corrected chi connectivity index (χ2v) is 9.70. The topological polar surface area (TPSA) is 90.4 Å². The average molecular weight is 419 g/mol. The predicted molar refractivity (Wildman–Crippen MR) is 125 cm³/mol. The summed E-state index contributed by atoms with van der Waals surface area (Å²) in [6.07, 6.45) is 1.59. The van der Waals surface area contributed by atoms with E-state index in [2.05, 4.69) is 62.3 Å². The SMILES string of the molecule is CC(C)(C)c1cc(/C=N/NC(=O)c2cc(-c3ccccc3)n[nH]2)cc(C(C)(C)C)c1O. The van der Waals surface area contributed by atoms with E-state index in [1.807, 2.05) is 42.5 Å². The number of hydrogen-bond acceptors (Lipinski definition) is 4. The molecule has 2 aromatic carbocycles. The van der Waals surface area contributed by atoms with Crippen LogP contribution in [0, 0.1) is 0 Å². The van der Waals surface area contributed by atoms with Crippen LogP contribution in [0.5, 0.6) is 5.75 Å². The third kappa shape index (κ3) is 5.20. The summed E-state index contributed by atoms with van der Waals surface area (Å²) in [5.74, 6) is -0.0658. The molecule has 0 bridgehead atoms. The number of phenols is 1. The Bertz CT molecular complexity index is 1070. The smallest absolute Gasteiger partial charge is 0.289 e. The molecule has 0 fully saturated rings. The maximum Gasteiger partial charge on any atom is 0.289 e. The molecular formula is C25H30N4O2. The Morgan fingerprint density at radius 3 is 2.13 bits per heavy atom. The summed E-state index contributed by atoms with van der Waals surface area (Å²) in [6, 6.07) is 15.1. The second-order valence-electron chi connectivity index (χ2n) is 9.70. The molecule has 6 nitrogen and oxygen atoms in total. The van der Waals surface area contributed by atoms with Crippen LogP contribution < -0.4 is 5.43 Å². The number of aromatic hydroxyl groups is 1. The first kappa shape index (κ1) is 22.3. The van der Waals surface area contributed by atoms with E-state index in [9.17, 15) is 9.90 Å². The lowest BCUT2D eigenvalue weighted by atomic mass is 9.78. The number of aromatic amines is 1. The van der Waals surface area contributed by atoms with Gasteiger partial charge in [-0.1, -0.05) is 71.9 Å². The molecule has 0 spiro atoms. The van der Waals surface area contributed by atoms with Crippen LogP contribution >= 0.6 is 0 Å². The standard InChI is InChI=1S/C25H30N4O2/c1-24(2,3)18-12-16(13-19(22(18)30)25(4,5)6)15-26-29-23(31)21-14-20(27-28-21)17-10-8-7-9-11-17/h7-15,30H,1-6H3,(H,27,28)(H,29,31)/b26-15+. The molecule has 0 aliphatic carbocycles. The van der Waals surface area contributed by atoms with Crippen LogP contribution in [0.3, 0.4) is 0 Å². The lowest BCUT2D eigenvalue weighted by Crippen LogP contribution is -2.19. The minimum absolute atomic E-state index is 0.235. The quantitative estimate of drug-likeness (QED) is 0.405. The van der Waals surface area contributed by atoms with Gasteiger partial charge in [0.2, 0.25) is 0 Å². The van der Waals surface area contributed by atoms with Gasteiger partial charge >= 0.3 is 0 Å². The van der Waals surface area contributed by atoms with Crippen LogP contribution in [0.15, 0.2) is 53.6 Å². The maximum absolute atomic E-state index is 12.4. The number of carbonyl (C=O) groups excluding carboxylic acids is 1. The van der Waals surface area contributed by atoms with Crippen molar-refractivity contribution >= 4 is 12.1 Å². The first-order chi connectivity index (χ1) is 14.5. The van der Waals surface area contributed by atoms with Crippen molar-refractivity contribution in [2.45, 2.75) is 52.4 Å². The number of H-pyrrole nitrogens is 1. The molecule has 0 aliphatic rings. The minimum atomic E-state index is -0.378. The van der Waals surface area contributed by atoms with Gasteiger partial charge in [0.1, 0.15) is 11.4 Å². The maximum atomic E-state index is 12.4. The van der Waals surface area contributed by atoms with Gasteiger partial charge in [0.25, 0.3) is 5.91 Å². The van der Waals surface area contributed by atoms with Crippen molar-refractivity contribution in [2.75, 3.05) is 0 Å². The van der Waals surface area contributed by atoms with Crippen molar-refractivity contribution < 1.29 is 9.90 Å². The summed E-state index contributed by atoms with van der Waals surface area (Å²) in [6.45, 7) is 12.3. The number of aromatic nitrogens is 2. The van der Waals surface area contributed by atoms with Crippen LogP contribution in [0.25, 0.3) is 11.3 Å². The molecule has 3 aromatic rings. The average Bonchev–Trinajstić information content (AvgIpc) is 3.18. The van der Waals surface area contributed by atoms with Crippen LogP contribution in [0.1, 0.15) is 68.7 Å². The molecular weight excluding hydrogens is 388 g/mol. The first-order valence-electron chi connectivity index (χ1n) is 10.3. The number of carbonyl (C=O) groups is 1. The highest BCUT2D eigenvalue weighted by molar-refractivity contribution is 5.94. The monoisotopic (exact) mass is 418 g/mol. The predicted octanol–water partition coefficient (Wildman–Crippen LogP) is 5.14. The van der Waals surface area contributed by atoms with Gasteiger partial charge in [-0.05, 0) is 34.6 Å². The van der Waals surface area contributed by atoms with E-state index < -0.39 is 0 Å². The Morgan fingerprint density at radius 1 is 1.00 bits per heavy atom. The lowest BCUT2D eigenvalue weighted by molar-refractivity contribution is 0.0950. The van der Waals surface area contributed by atoms with Crippen LogP contribution in [0.4, 0.5) is 0 Å². The van der Waals surface area contributed by atoms with E-state index >= 15 is 0 Å². The van der Waals surface area contributed by atoms with Crippen LogP contribution in [-0.4, -0.2) is 27.4 Å².